The maximum absolute atomic E-state index is 13.8. The normalized spacial score (nSPS) is 15.2. The zero-order chi connectivity index (χ0) is 25.4. The van der Waals surface area contributed by atoms with Gasteiger partial charge in [-0.05, 0) is 48.5 Å². The third-order valence-corrected chi connectivity index (χ3v) is 5.88. The Kier molecular flexibility index (Phi) is 4.63. The first-order chi connectivity index (χ1) is 17.2. The summed E-state index contributed by atoms with van der Waals surface area (Å²) in [6.45, 7) is -0.640. The molecule has 1 aliphatic heterocycles. The molecule has 0 aliphatic carbocycles. The van der Waals surface area contributed by atoms with E-state index in [1.165, 1.54) is 46.6 Å². The maximum atomic E-state index is 13.8. The number of methoxy groups -OCH3 is 1. The summed E-state index contributed by atoms with van der Waals surface area (Å²) in [6, 6.07) is 14.1. The zero-order valence-corrected chi connectivity index (χ0v) is 17.8. The average Bonchev–Trinajstić information content (AvgIpc) is 3.30. The summed E-state index contributed by atoms with van der Waals surface area (Å²) in [7, 11) is -2.63. The number of benzene rings is 2. The van der Waals surface area contributed by atoms with Crippen molar-refractivity contribution in [2.45, 2.75) is 13.0 Å². The van der Waals surface area contributed by atoms with E-state index >= 15 is 0 Å². The molecular formula is C23H18F2N4O3S. The Morgan fingerprint density at radius 2 is 1.97 bits per heavy atom. The third-order valence-electron chi connectivity index (χ3n) is 5.09. The van der Waals surface area contributed by atoms with Crippen LogP contribution in [0.4, 0.5) is 30.8 Å². The summed E-state index contributed by atoms with van der Waals surface area (Å²) in [6.07, 6.45) is -2.68. The molecule has 1 aliphatic rings. The Labute approximate surface area is 196 Å². The van der Waals surface area contributed by atoms with E-state index in [1.54, 1.807) is 22.5 Å². The molecule has 168 valence electrons. The number of alkyl halides is 2. The summed E-state index contributed by atoms with van der Waals surface area (Å²) in [4.78, 5) is 25.3. The van der Waals surface area contributed by atoms with Crippen LogP contribution in [-0.4, -0.2) is 36.1 Å². The van der Waals surface area contributed by atoms with Crippen molar-refractivity contribution < 1.29 is 27.2 Å². The Morgan fingerprint density at radius 1 is 1.15 bits per heavy atom. The first-order valence-corrected chi connectivity index (χ1v) is 10.7. The van der Waals surface area contributed by atoms with Crippen LogP contribution in [0.3, 0.4) is 0 Å². The number of thiazole rings is 1. The Hall–Kier alpha value is -3.79. The number of carbonyl (C=O) groups excluding carboxylic acids is 1. The second-order valence-corrected chi connectivity index (χ2v) is 8.03. The number of halogens is 2. The van der Waals surface area contributed by atoms with Gasteiger partial charge in [0, 0.05) is 17.3 Å². The second kappa shape index (κ2) is 8.62. The van der Waals surface area contributed by atoms with Crippen LogP contribution < -0.4 is 19.3 Å². The number of pyridine rings is 1. The van der Waals surface area contributed by atoms with Crippen molar-refractivity contribution >= 4 is 44.8 Å². The average molecular weight is 472 g/mol. The van der Waals surface area contributed by atoms with E-state index in [2.05, 4.69) is 9.97 Å². The highest BCUT2D eigenvalue weighted by Gasteiger charge is 2.34. The lowest BCUT2D eigenvalue weighted by Crippen LogP contribution is -2.45. The number of hydrogen-bond acceptors (Lipinski definition) is 6. The van der Waals surface area contributed by atoms with Crippen LogP contribution in [0.25, 0.3) is 10.2 Å². The predicted octanol–water partition coefficient (Wildman–Crippen LogP) is 5.62. The van der Waals surface area contributed by atoms with Crippen molar-refractivity contribution in [2.75, 3.05) is 23.4 Å². The number of anilines is 3. The molecule has 0 saturated carbocycles. The Balaban J connectivity index is 1.55. The minimum absolute atomic E-state index is 0.0475. The minimum Gasteiger partial charge on any atom is -0.497 e. The summed E-state index contributed by atoms with van der Waals surface area (Å²) in [5.74, 6) is 0.276. The Morgan fingerprint density at radius 3 is 2.76 bits per heavy atom. The van der Waals surface area contributed by atoms with Crippen LogP contribution in [0.5, 0.6) is 11.6 Å². The Bertz CT molecular complexity index is 1420. The van der Waals surface area contributed by atoms with Gasteiger partial charge in [-0.1, -0.05) is 0 Å². The van der Waals surface area contributed by atoms with E-state index in [4.69, 9.17) is 13.6 Å². The molecule has 2 amide bonds. The largest absolute Gasteiger partial charge is 0.497 e. The van der Waals surface area contributed by atoms with E-state index in [9.17, 15) is 13.6 Å². The highest BCUT2D eigenvalue weighted by Crippen LogP contribution is 2.38. The lowest BCUT2D eigenvalue weighted by molar-refractivity contribution is 0.0796. The minimum atomic E-state index is -2.68. The van der Waals surface area contributed by atoms with E-state index in [0.29, 0.717) is 16.9 Å². The molecule has 0 unspecified atom stereocenters. The van der Waals surface area contributed by atoms with Gasteiger partial charge in [-0.3, -0.25) is 4.90 Å². The highest BCUT2D eigenvalue weighted by molar-refractivity contribution is 7.16. The van der Waals surface area contributed by atoms with Crippen LogP contribution >= 0.6 is 11.3 Å². The fourth-order valence-corrected chi connectivity index (χ4v) is 4.27. The molecule has 3 heterocycles. The first-order valence-electron chi connectivity index (χ1n) is 11.3. The zero-order valence-electron chi connectivity index (χ0n) is 19.9. The van der Waals surface area contributed by atoms with Crippen molar-refractivity contribution in [3.63, 3.8) is 0 Å². The van der Waals surface area contributed by atoms with E-state index < -0.39 is 26.1 Å². The molecule has 0 fully saturated rings. The SMILES string of the molecule is [2H]C([2H])([2H])Oc1ccc(N2C(=O)N(c3ccc4ncsc4c3)Cc3ccc(OCC(F)F)nc32)cc1. The molecular weight excluding hydrogens is 450 g/mol. The molecule has 0 radical (unpaired) electrons. The molecule has 0 N–H and O–H groups in total. The third kappa shape index (κ3) is 4.05. The fraction of sp³-hybridized carbons (Fsp3) is 0.174. The standard InChI is InChI=1S/C23H18F2N4O3S/c1-31-17-6-3-15(4-7-17)29-22-14(2-9-21(27-22)32-12-20(24)25)11-28(23(29)30)16-5-8-18-19(10-16)33-13-26-18/h2-10,13,20H,11-12H2,1H3/i1D3. The fourth-order valence-electron chi connectivity index (χ4n) is 3.56. The second-order valence-electron chi connectivity index (χ2n) is 7.14. The van der Waals surface area contributed by atoms with Crippen LogP contribution in [0.15, 0.2) is 60.1 Å². The van der Waals surface area contributed by atoms with E-state index in [0.717, 1.165) is 10.2 Å². The molecule has 2 aromatic heterocycles. The van der Waals surface area contributed by atoms with Gasteiger partial charge in [0.25, 0.3) is 6.43 Å². The number of carbonyl (C=O) groups is 1. The number of nitrogens with zero attached hydrogens (tertiary/aromatic N) is 4. The predicted molar refractivity (Wildman–Crippen MR) is 122 cm³/mol. The summed E-state index contributed by atoms with van der Waals surface area (Å²) in [5.41, 5.74) is 4.22. The molecule has 10 heteroatoms. The van der Waals surface area contributed by atoms with Gasteiger partial charge in [0.1, 0.15) is 11.6 Å². The first kappa shape index (κ1) is 17.7. The van der Waals surface area contributed by atoms with Gasteiger partial charge in [-0.15, -0.1) is 11.3 Å². The molecule has 4 aromatic rings. The molecule has 0 spiro atoms. The number of urea groups is 1. The van der Waals surface area contributed by atoms with Crippen molar-refractivity contribution in [2.24, 2.45) is 0 Å². The molecule has 5 rings (SSSR count). The summed E-state index contributed by atoms with van der Waals surface area (Å²) in [5, 5.41) is 0. The lowest BCUT2D eigenvalue weighted by atomic mass is 10.1. The number of amides is 2. The van der Waals surface area contributed by atoms with Crippen LogP contribution in [-0.2, 0) is 6.54 Å². The summed E-state index contributed by atoms with van der Waals surface area (Å²) >= 11 is 1.45. The van der Waals surface area contributed by atoms with Gasteiger partial charge in [-0.2, -0.15) is 4.98 Å². The number of ether oxygens (including phenoxy) is 2. The van der Waals surface area contributed by atoms with Gasteiger partial charge in [-0.25, -0.2) is 23.5 Å². The van der Waals surface area contributed by atoms with Gasteiger partial charge >= 0.3 is 6.03 Å². The number of fused-ring (bicyclic) bond motifs is 2. The highest BCUT2D eigenvalue weighted by atomic mass is 32.1. The van der Waals surface area contributed by atoms with Crippen molar-refractivity contribution in [3.8, 4) is 11.6 Å². The monoisotopic (exact) mass is 471 g/mol. The van der Waals surface area contributed by atoms with Crippen molar-refractivity contribution in [1.82, 2.24) is 9.97 Å². The van der Waals surface area contributed by atoms with E-state index in [-0.39, 0.29) is 24.0 Å². The quantitative estimate of drug-likeness (QED) is 0.365. The molecule has 0 saturated heterocycles. The molecule has 0 atom stereocenters. The number of rotatable bonds is 6. The summed E-state index contributed by atoms with van der Waals surface area (Å²) < 4.78 is 58.0. The van der Waals surface area contributed by atoms with Crippen LogP contribution in [0, 0.1) is 0 Å². The molecule has 33 heavy (non-hydrogen) atoms. The molecule has 0 bridgehead atoms. The molecule has 7 nitrogen and oxygen atoms in total. The number of hydrogen-bond donors (Lipinski definition) is 0. The van der Waals surface area contributed by atoms with Crippen molar-refractivity contribution in [1.29, 1.82) is 0 Å². The van der Waals surface area contributed by atoms with Gasteiger partial charge < -0.3 is 9.47 Å². The van der Waals surface area contributed by atoms with Gasteiger partial charge in [0.2, 0.25) is 5.88 Å². The van der Waals surface area contributed by atoms with E-state index in [1.807, 2.05) is 12.1 Å². The van der Waals surface area contributed by atoms with Crippen LogP contribution in [0.2, 0.25) is 0 Å². The van der Waals surface area contributed by atoms with Gasteiger partial charge in [0.05, 0.1) is 39.1 Å². The maximum Gasteiger partial charge on any atom is 0.335 e. The lowest BCUT2D eigenvalue weighted by Gasteiger charge is -2.36. The topological polar surface area (TPSA) is 67.8 Å². The van der Waals surface area contributed by atoms with Gasteiger partial charge in [0.15, 0.2) is 6.61 Å². The number of aromatic nitrogens is 2. The smallest absolute Gasteiger partial charge is 0.335 e. The van der Waals surface area contributed by atoms with Crippen molar-refractivity contribution in [3.05, 3.63) is 65.7 Å². The van der Waals surface area contributed by atoms with Crippen LogP contribution in [0.1, 0.15) is 9.68 Å². The molecule has 2 aromatic carbocycles.